The van der Waals surface area contributed by atoms with E-state index in [1.807, 2.05) is 24.3 Å². The van der Waals surface area contributed by atoms with Crippen molar-refractivity contribution in [3.63, 3.8) is 0 Å². The average molecular weight is 328 g/mol. The second kappa shape index (κ2) is 8.08. The smallest absolute Gasteiger partial charge is 0.251 e. The topological polar surface area (TPSA) is 79.0 Å². The summed E-state index contributed by atoms with van der Waals surface area (Å²) >= 11 is 0. The quantitative estimate of drug-likeness (QED) is 0.757. The fourth-order valence-electron chi connectivity index (χ4n) is 3.07. The molecule has 0 radical (unpaired) electrons. The molecule has 2 aromatic rings. The molecule has 0 aliphatic carbocycles. The van der Waals surface area contributed by atoms with E-state index in [-0.39, 0.29) is 5.91 Å². The van der Waals surface area contributed by atoms with Gasteiger partial charge in [-0.25, -0.2) is 0 Å². The van der Waals surface area contributed by atoms with Crippen molar-refractivity contribution in [1.29, 1.82) is 0 Å². The maximum atomic E-state index is 12.4. The van der Waals surface area contributed by atoms with Crippen molar-refractivity contribution >= 4 is 5.91 Å². The summed E-state index contributed by atoms with van der Waals surface area (Å²) < 4.78 is 5.03. The molecule has 128 valence electrons. The van der Waals surface area contributed by atoms with Crippen LogP contribution in [-0.4, -0.2) is 36.3 Å². The Morgan fingerprint density at radius 3 is 3.12 bits per heavy atom. The summed E-state index contributed by atoms with van der Waals surface area (Å²) in [6, 6.07) is 9.84. The van der Waals surface area contributed by atoms with E-state index >= 15 is 0 Å². The molecule has 2 heterocycles. The van der Waals surface area contributed by atoms with Crippen LogP contribution in [-0.2, 0) is 17.9 Å². The van der Waals surface area contributed by atoms with Crippen molar-refractivity contribution in [1.82, 2.24) is 20.8 Å². The molecule has 1 fully saturated rings. The van der Waals surface area contributed by atoms with E-state index < -0.39 is 0 Å². The van der Waals surface area contributed by atoms with Gasteiger partial charge in [-0.05, 0) is 49.1 Å². The van der Waals surface area contributed by atoms with Gasteiger partial charge in [0.1, 0.15) is 0 Å². The number of carbonyl (C=O) groups excluding carboxylic acids is 1. The first-order valence-electron chi connectivity index (χ1n) is 8.37. The fourth-order valence-corrected chi connectivity index (χ4v) is 3.07. The largest absolute Gasteiger partial charge is 0.378 e. The number of nitrogens with one attached hydrogen (secondary N) is 3. The number of hydrogen-bond acceptors (Lipinski definition) is 4. The minimum Gasteiger partial charge on any atom is -0.378 e. The molecule has 1 saturated heterocycles. The Kier molecular flexibility index (Phi) is 5.61. The molecule has 3 N–H and O–H groups in total. The standard InChI is InChI=1S/C18H24N4O2/c1-24-12-17-9-16(21-22-17)11-20-18(23)14-5-2-4-13(8-14)15-6-3-7-19-10-15/h2,4-5,8-9,15,19H,3,6-7,10-12H2,1H3,(H,20,23)(H,21,22)/t15-/m0/s1. The summed E-state index contributed by atoms with van der Waals surface area (Å²) in [4.78, 5) is 12.4. The van der Waals surface area contributed by atoms with Crippen molar-refractivity contribution < 1.29 is 9.53 Å². The van der Waals surface area contributed by atoms with Crippen LogP contribution in [0.15, 0.2) is 30.3 Å². The second-order valence-electron chi connectivity index (χ2n) is 6.17. The lowest BCUT2D eigenvalue weighted by atomic mass is 9.90. The Bertz CT molecular complexity index is 677. The lowest BCUT2D eigenvalue weighted by Crippen LogP contribution is -2.28. The Hall–Kier alpha value is -2.18. The van der Waals surface area contributed by atoms with Crippen LogP contribution in [0.25, 0.3) is 0 Å². The van der Waals surface area contributed by atoms with Gasteiger partial charge in [0.25, 0.3) is 5.91 Å². The van der Waals surface area contributed by atoms with E-state index in [1.165, 1.54) is 18.4 Å². The molecule has 1 aromatic heterocycles. The van der Waals surface area contributed by atoms with Crippen LogP contribution in [0, 0.1) is 0 Å². The number of ether oxygens (including phenoxy) is 1. The van der Waals surface area contributed by atoms with Gasteiger partial charge in [-0.15, -0.1) is 0 Å². The van der Waals surface area contributed by atoms with Gasteiger partial charge in [0.2, 0.25) is 0 Å². The number of carbonyl (C=O) groups is 1. The molecule has 1 aliphatic heterocycles. The van der Waals surface area contributed by atoms with E-state index in [0.717, 1.165) is 24.5 Å². The van der Waals surface area contributed by atoms with E-state index in [4.69, 9.17) is 4.74 Å². The molecule has 1 atom stereocenters. The van der Waals surface area contributed by atoms with Crippen LogP contribution >= 0.6 is 0 Å². The van der Waals surface area contributed by atoms with Gasteiger partial charge in [0, 0.05) is 19.2 Å². The van der Waals surface area contributed by atoms with Crippen molar-refractivity contribution in [2.75, 3.05) is 20.2 Å². The molecule has 1 aromatic carbocycles. The number of methoxy groups -OCH3 is 1. The predicted octanol–water partition coefficient (Wildman–Crippen LogP) is 1.95. The number of piperidine rings is 1. The van der Waals surface area contributed by atoms with Gasteiger partial charge >= 0.3 is 0 Å². The zero-order chi connectivity index (χ0) is 16.8. The number of hydrogen-bond donors (Lipinski definition) is 3. The highest BCUT2D eigenvalue weighted by atomic mass is 16.5. The molecule has 0 unspecified atom stereocenters. The number of H-pyrrole nitrogens is 1. The number of benzene rings is 1. The van der Waals surface area contributed by atoms with Crippen molar-refractivity contribution in [2.24, 2.45) is 0 Å². The zero-order valence-corrected chi connectivity index (χ0v) is 14.0. The van der Waals surface area contributed by atoms with E-state index in [1.54, 1.807) is 7.11 Å². The fraction of sp³-hybridized carbons (Fsp3) is 0.444. The summed E-state index contributed by atoms with van der Waals surface area (Å²) in [6.45, 7) is 2.96. The monoisotopic (exact) mass is 328 g/mol. The summed E-state index contributed by atoms with van der Waals surface area (Å²) in [5.74, 6) is 0.430. The van der Waals surface area contributed by atoms with Gasteiger partial charge in [0.05, 0.1) is 24.5 Å². The van der Waals surface area contributed by atoms with Crippen molar-refractivity contribution in [2.45, 2.75) is 31.9 Å². The summed E-state index contributed by atoms with van der Waals surface area (Å²) in [5.41, 5.74) is 3.63. The normalized spacial score (nSPS) is 17.6. The molecule has 0 saturated carbocycles. The van der Waals surface area contributed by atoms with Crippen LogP contribution in [0.1, 0.15) is 46.1 Å². The van der Waals surface area contributed by atoms with Crippen molar-refractivity contribution in [3.05, 3.63) is 52.8 Å². The molecule has 1 amide bonds. The molecule has 6 nitrogen and oxygen atoms in total. The summed E-state index contributed by atoms with van der Waals surface area (Å²) in [5, 5.41) is 13.4. The minimum absolute atomic E-state index is 0.0662. The van der Waals surface area contributed by atoms with Crippen LogP contribution in [0.2, 0.25) is 0 Å². The Morgan fingerprint density at radius 1 is 1.42 bits per heavy atom. The first kappa shape index (κ1) is 16.7. The number of amides is 1. The Labute approximate surface area is 142 Å². The number of aromatic amines is 1. The van der Waals surface area contributed by atoms with Crippen LogP contribution in [0.4, 0.5) is 0 Å². The lowest BCUT2D eigenvalue weighted by Gasteiger charge is -2.23. The Morgan fingerprint density at radius 2 is 2.33 bits per heavy atom. The maximum Gasteiger partial charge on any atom is 0.251 e. The van der Waals surface area contributed by atoms with Crippen LogP contribution in [0.5, 0.6) is 0 Å². The molecule has 3 rings (SSSR count). The van der Waals surface area contributed by atoms with Gasteiger partial charge in [-0.1, -0.05) is 12.1 Å². The average Bonchev–Trinajstić information content (AvgIpc) is 3.08. The van der Waals surface area contributed by atoms with Crippen LogP contribution < -0.4 is 10.6 Å². The molecule has 0 spiro atoms. The van der Waals surface area contributed by atoms with E-state index in [2.05, 4.69) is 26.9 Å². The predicted molar refractivity (Wildman–Crippen MR) is 91.8 cm³/mol. The van der Waals surface area contributed by atoms with Crippen molar-refractivity contribution in [3.8, 4) is 0 Å². The molecule has 1 aliphatic rings. The highest BCUT2D eigenvalue weighted by molar-refractivity contribution is 5.94. The summed E-state index contributed by atoms with van der Waals surface area (Å²) in [6.07, 6.45) is 2.36. The third kappa shape index (κ3) is 4.21. The SMILES string of the molecule is COCc1cc(CNC(=O)c2cccc([C@H]3CCCNC3)c2)[nH]n1. The zero-order valence-electron chi connectivity index (χ0n) is 14.0. The van der Waals surface area contributed by atoms with E-state index in [0.29, 0.717) is 24.6 Å². The van der Waals surface area contributed by atoms with Crippen LogP contribution in [0.3, 0.4) is 0 Å². The second-order valence-corrected chi connectivity index (χ2v) is 6.17. The highest BCUT2D eigenvalue weighted by Crippen LogP contribution is 2.23. The lowest BCUT2D eigenvalue weighted by molar-refractivity contribution is 0.0950. The Balaban J connectivity index is 1.59. The third-order valence-electron chi connectivity index (χ3n) is 4.33. The molecular weight excluding hydrogens is 304 g/mol. The number of aromatic nitrogens is 2. The number of nitrogens with zero attached hydrogens (tertiary/aromatic N) is 1. The van der Waals surface area contributed by atoms with Gasteiger partial charge in [0.15, 0.2) is 0 Å². The highest BCUT2D eigenvalue weighted by Gasteiger charge is 2.16. The van der Waals surface area contributed by atoms with Gasteiger partial charge < -0.3 is 15.4 Å². The molecule has 6 heteroatoms. The molecule has 24 heavy (non-hydrogen) atoms. The van der Waals surface area contributed by atoms with Gasteiger partial charge in [-0.3, -0.25) is 9.89 Å². The minimum atomic E-state index is -0.0662. The molecule has 0 bridgehead atoms. The molecular formula is C18H24N4O2. The first-order chi connectivity index (χ1) is 11.8. The maximum absolute atomic E-state index is 12.4. The van der Waals surface area contributed by atoms with Gasteiger partial charge in [-0.2, -0.15) is 5.10 Å². The van der Waals surface area contributed by atoms with E-state index in [9.17, 15) is 4.79 Å². The third-order valence-corrected chi connectivity index (χ3v) is 4.33. The first-order valence-corrected chi connectivity index (χ1v) is 8.37. The number of rotatable bonds is 6. The summed E-state index contributed by atoms with van der Waals surface area (Å²) in [7, 11) is 1.63.